The molecule has 53 heavy (non-hydrogen) atoms. The van der Waals surface area contributed by atoms with E-state index in [-0.39, 0.29) is 0 Å². The van der Waals surface area contributed by atoms with Crippen molar-refractivity contribution >= 4 is 0 Å². The molecule has 0 aliphatic rings. The summed E-state index contributed by atoms with van der Waals surface area (Å²) in [5.41, 5.74) is 32.7. The predicted octanol–water partition coefficient (Wildman–Crippen LogP) is 2.23. The molecule has 0 spiro atoms. The van der Waals surface area contributed by atoms with Crippen LogP contribution in [0.2, 0.25) is 0 Å². The van der Waals surface area contributed by atoms with Gasteiger partial charge in [-0.05, 0) is 70.8 Å². The van der Waals surface area contributed by atoms with Crippen molar-refractivity contribution in [1.82, 2.24) is 60.0 Å². The molecule has 0 atom stereocenters. The Labute approximate surface area is 303 Å². The van der Waals surface area contributed by atoms with Gasteiger partial charge in [-0.3, -0.25) is 0 Å². The molecule has 4 aromatic carbocycles. The van der Waals surface area contributed by atoms with Gasteiger partial charge in [0.25, 0.3) is 0 Å². The van der Waals surface area contributed by atoms with E-state index in [1.165, 1.54) is 0 Å². The van der Waals surface area contributed by atoms with Gasteiger partial charge in [0, 0.05) is 26.2 Å². The van der Waals surface area contributed by atoms with Crippen molar-refractivity contribution in [3.8, 4) is 22.7 Å². The Kier molecular flexibility index (Phi) is 8.91. The summed E-state index contributed by atoms with van der Waals surface area (Å²) >= 11 is 0. The van der Waals surface area contributed by atoms with Gasteiger partial charge in [0.2, 0.25) is 0 Å². The van der Waals surface area contributed by atoms with Crippen LogP contribution in [0.15, 0.2) is 122 Å². The lowest BCUT2D eigenvalue weighted by atomic mass is 9.65. The highest BCUT2D eigenvalue weighted by atomic mass is 15.4. The molecule has 4 aromatic heterocycles. The second-order valence-electron chi connectivity index (χ2n) is 12.4. The lowest BCUT2D eigenvalue weighted by Crippen LogP contribution is -2.31. The third-order valence-electron chi connectivity index (χ3n) is 9.26. The molecular weight excluding hydrogens is 669 g/mol. The molecule has 0 aliphatic heterocycles. The van der Waals surface area contributed by atoms with Gasteiger partial charge >= 0.3 is 0 Å². The van der Waals surface area contributed by atoms with Crippen LogP contribution in [-0.2, 0) is 31.6 Å². The Balaban J connectivity index is 1.32. The average Bonchev–Trinajstić information content (AvgIpc) is 4.07. The first-order valence-corrected chi connectivity index (χ1v) is 16.9. The molecular formula is C37H36N16. The molecule has 264 valence electrons. The third kappa shape index (κ3) is 6.17. The highest BCUT2D eigenvalue weighted by molar-refractivity contribution is 5.62. The van der Waals surface area contributed by atoms with Crippen LogP contribution in [-0.4, -0.2) is 60.0 Å². The monoisotopic (exact) mass is 704 g/mol. The fourth-order valence-electron chi connectivity index (χ4n) is 6.53. The van der Waals surface area contributed by atoms with Crippen LogP contribution < -0.4 is 22.9 Å². The van der Waals surface area contributed by atoms with Gasteiger partial charge in [-0.2, -0.15) is 0 Å². The van der Waals surface area contributed by atoms with Crippen LogP contribution in [0.5, 0.6) is 0 Å². The van der Waals surface area contributed by atoms with Gasteiger partial charge in [-0.1, -0.05) is 69.4 Å². The molecule has 16 nitrogen and oxygen atoms in total. The van der Waals surface area contributed by atoms with E-state index >= 15 is 0 Å². The smallest absolute Gasteiger partial charge is 0.0967 e. The zero-order valence-corrected chi connectivity index (χ0v) is 28.6. The molecule has 8 aromatic rings. The lowest BCUT2D eigenvalue weighted by molar-refractivity contribution is 0.735. The number of hydrogen-bond acceptors (Lipinski definition) is 12. The first-order valence-electron chi connectivity index (χ1n) is 16.9. The summed E-state index contributed by atoms with van der Waals surface area (Å²) in [5.74, 6) is 0. The number of aromatic nitrogens is 12. The second-order valence-corrected chi connectivity index (χ2v) is 12.4. The number of nitrogens with two attached hydrogens (primary N) is 4. The van der Waals surface area contributed by atoms with E-state index in [9.17, 15) is 0 Å². The van der Waals surface area contributed by atoms with Gasteiger partial charge in [0.15, 0.2) is 0 Å². The highest BCUT2D eigenvalue weighted by Crippen LogP contribution is 2.46. The molecule has 0 radical (unpaired) electrons. The van der Waals surface area contributed by atoms with Gasteiger partial charge in [0.05, 0.1) is 75.7 Å². The van der Waals surface area contributed by atoms with Crippen LogP contribution in [0.3, 0.4) is 0 Å². The SMILES string of the molecule is NCc1cn(-c2ccc(C(c3ccc(-n4cc(CN)nn4)cc3)(c3ccc(-n4cc(CN)nn4)cc3)c3ccc(-n4cc(CN)nn4)cc3)cc2)nn1. The Morgan fingerprint density at radius 3 is 0.717 bits per heavy atom. The number of rotatable bonds is 12. The van der Waals surface area contributed by atoms with Crippen molar-refractivity contribution in [2.45, 2.75) is 31.6 Å². The Bertz CT molecular complexity index is 2090. The standard InChI is InChI=1S/C37H36N16/c38-17-29-21-50(46-42-29)33-9-1-25(2-10-33)37(26-3-11-34(12-4-26)51-22-30(18-39)43-47-51,27-5-13-35(14-6-27)52-23-31(19-40)44-48-52)28-7-15-36(16-8-28)53-24-32(20-41)45-49-53/h1-16,21-24H,17-20,38-41H2. The largest absolute Gasteiger partial charge is 0.325 e. The highest BCUT2D eigenvalue weighted by Gasteiger charge is 2.39. The van der Waals surface area contributed by atoms with E-state index in [0.717, 1.165) is 45.0 Å². The van der Waals surface area contributed by atoms with E-state index in [1.54, 1.807) is 18.7 Å². The van der Waals surface area contributed by atoms with Crippen molar-refractivity contribution in [1.29, 1.82) is 0 Å². The molecule has 0 fully saturated rings. The van der Waals surface area contributed by atoms with Crippen LogP contribution in [0.25, 0.3) is 22.7 Å². The van der Waals surface area contributed by atoms with Gasteiger partial charge in [-0.25, -0.2) is 18.7 Å². The second kappa shape index (κ2) is 14.1. The lowest BCUT2D eigenvalue weighted by Gasteiger charge is -2.37. The molecule has 0 amide bonds. The molecule has 0 saturated heterocycles. The summed E-state index contributed by atoms with van der Waals surface area (Å²) in [5, 5.41) is 33.9. The Morgan fingerprint density at radius 2 is 0.547 bits per heavy atom. The maximum absolute atomic E-state index is 5.82. The quantitative estimate of drug-likeness (QED) is 0.134. The normalized spacial score (nSPS) is 11.7. The summed E-state index contributed by atoms with van der Waals surface area (Å²) in [4.78, 5) is 0. The average molecular weight is 705 g/mol. The van der Waals surface area contributed by atoms with E-state index in [2.05, 4.69) is 89.8 Å². The maximum Gasteiger partial charge on any atom is 0.0967 e. The maximum atomic E-state index is 5.82. The summed E-state index contributed by atoms with van der Waals surface area (Å²) < 4.78 is 6.89. The minimum atomic E-state index is -0.820. The minimum absolute atomic E-state index is 0.301. The van der Waals surface area contributed by atoms with Crippen LogP contribution in [0, 0.1) is 0 Å². The van der Waals surface area contributed by atoms with E-state index in [4.69, 9.17) is 22.9 Å². The minimum Gasteiger partial charge on any atom is -0.325 e. The van der Waals surface area contributed by atoms with E-state index in [0.29, 0.717) is 49.0 Å². The predicted molar refractivity (Wildman–Crippen MR) is 196 cm³/mol. The number of benzene rings is 4. The molecule has 0 aliphatic carbocycles. The van der Waals surface area contributed by atoms with Crippen molar-refractivity contribution in [2.75, 3.05) is 0 Å². The zero-order chi connectivity index (χ0) is 36.4. The molecule has 0 unspecified atom stereocenters. The molecule has 8 rings (SSSR count). The van der Waals surface area contributed by atoms with Gasteiger partial charge in [0.1, 0.15) is 0 Å². The fraction of sp³-hybridized carbons (Fsp3) is 0.135. The summed E-state index contributed by atoms with van der Waals surface area (Å²) in [6, 6.07) is 33.2. The zero-order valence-electron chi connectivity index (χ0n) is 28.6. The molecule has 0 bridgehead atoms. The van der Waals surface area contributed by atoms with Crippen LogP contribution in [0.4, 0.5) is 0 Å². The first kappa shape index (κ1) is 33.4. The fourth-order valence-corrected chi connectivity index (χ4v) is 6.53. The molecule has 16 heteroatoms. The first-order chi connectivity index (χ1) is 26.0. The summed E-state index contributed by atoms with van der Waals surface area (Å²) in [6.45, 7) is 1.20. The molecule has 0 saturated carbocycles. The molecule has 4 heterocycles. The van der Waals surface area contributed by atoms with Crippen molar-refractivity contribution in [3.05, 3.63) is 167 Å². The third-order valence-corrected chi connectivity index (χ3v) is 9.26. The van der Waals surface area contributed by atoms with Crippen molar-refractivity contribution < 1.29 is 0 Å². The summed E-state index contributed by atoms with van der Waals surface area (Å²) in [6.07, 6.45) is 7.33. The van der Waals surface area contributed by atoms with E-state index < -0.39 is 5.41 Å². The van der Waals surface area contributed by atoms with Crippen LogP contribution in [0.1, 0.15) is 45.0 Å². The van der Waals surface area contributed by atoms with Crippen molar-refractivity contribution in [2.24, 2.45) is 22.9 Å². The van der Waals surface area contributed by atoms with Gasteiger partial charge in [-0.15, -0.1) is 20.4 Å². The topological polar surface area (TPSA) is 227 Å². The Hall–Kier alpha value is -6.72. The summed E-state index contributed by atoms with van der Waals surface area (Å²) in [7, 11) is 0. The molecule has 8 N–H and O–H groups in total. The van der Waals surface area contributed by atoms with Crippen molar-refractivity contribution in [3.63, 3.8) is 0 Å². The Morgan fingerprint density at radius 1 is 0.340 bits per heavy atom. The van der Waals surface area contributed by atoms with Crippen LogP contribution >= 0.6 is 0 Å². The number of nitrogens with zero attached hydrogens (tertiary/aromatic N) is 12. The number of hydrogen-bond donors (Lipinski definition) is 4. The van der Waals surface area contributed by atoms with Gasteiger partial charge < -0.3 is 22.9 Å². The van der Waals surface area contributed by atoms with E-state index in [1.807, 2.05) is 73.3 Å².